The highest BCUT2D eigenvalue weighted by molar-refractivity contribution is 7.99. The number of hydrogen-bond donors (Lipinski definition) is 1. The lowest BCUT2D eigenvalue weighted by Gasteiger charge is -2.10. The van der Waals surface area contributed by atoms with E-state index in [0.29, 0.717) is 25.9 Å². The molecule has 0 radical (unpaired) electrons. The summed E-state index contributed by atoms with van der Waals surface area (Å²) in [5, 5.41) is 15.4. The third-order valence-electron chi connectivity index (χ3n) is 4.48. The van der Waals surface area contributed by atoms with Crippen LogP contribution in [0.2, 0.25) is 15.1 Å². The maximum atomic E-state index is 12.5. The molecular weight excluding hydrogens is 483 g/mol. The first-order valence-electron chi connectivity index (χ1n) is 9.43. The Hall–Kier alpha value is -1.25. The second kappa shape index (κ2) is 10.4. The van der Waals surface area contributed by atoms with Crippen LogP contribution in [0.5, 0.6) is 0 Å². The van der Waals surface area contributed by atoms with E-state index >= 15 is 0 Å². The third-order valence-corrected chi connectivity index (χ3v) is 7.43. The van der Waals surface area contributed by atoms with E-state index in [1.807, 2.05) is 0 Å². The Balaban J connectivity index is 1.76. The lowest BCUT2D eigenvalue weighted by molar-refractivity contribution is -0.113. The van der Waals surface area contributed by atoms with Crippen LogP contribution < -0.4 is 5.32 Å². The second-order valence-corrected chi connectivity index (χ2v) is 9.83. The number of benzene rings is 1. The summed E-state index contributed by atoms with van der Waals surface area (Å²) in [7, 11) is 0. The molecule has 1 amide bonds. The van der Waals surface area contributed by atoms with Crippen LogP contribution in [0.4, 0.5) is 5.69 Å². The highest BCUT2D eigenvalue weighted by Gasteiger charge is 2.19. The number of rotatable bonds is 8. The highest BCUT2D eigenvalue weighted by atomic mass is 35.5. The summed E-state index contributed by atoms with van der Waals surface area (Å²) in [5.74, 6) is 0.809. The SMILES string of the molecule is CCCn1c(SCC(=O)Nc2cc(Cl)c(Cl)cc2Cl)nnc1-c1csc(C)c1CC. The molecule has 0 unspecified atom stereocenters. The van der Waals surface area contributed by atoms with E-state index in [-0.39, 0.29) is 11.7 Å². The van der Waals surface area contributed by atoms with Crippen LogP contribution in [0.3, 0.4) is 0 Å². The largest absolute Gasteiger partial charge is 0.324 e. The fourth-order valence-corrected chi connectivity index (χ4v) is 5.36. The molecule has 0 atom stereocenters. The molecule has 0 saturated heterocycles. The lowest BCUT2D eigenvalue weighted by Crippen LogP contribution is -2.15. The zero-order valence-corrected chi connectivity index (χ0v) is 20.7. The molecule has 160 valence electrons. The number of thiophene rings is 1. The van der Waals surface area contributed by atoms with Crippen molar-refractivity contribution in [3.8, 4) is 11.4 Å². The average molecular weight is 504 g/mol. The van der Waals surface area contributed by atoms with E-state index in [1.54, 1.807) is 11.3 Å². The van der Waals surface area contributed by atoms with Crippen molar-refractivity contribution in [2.75, 3.05) is 11.1 Å². The molecule has 3 aromatic rings. The van der Waals surface area contributed by atoms with Crippen molar-refractivity contribution in [3.05, 3.63) is 43.0 Å². The Morgan fingerprint density at radius 2 is 1.90 bits per heavy atom. The monoisotopic (exact) mass is 502 g/mol. The van der Waals surface area contributed by atoms with Crippen LogP contribution in [0, 0.1) is 6.92 Å². The van der Waals surface area contributed by atoms with E-state index in [2.05, 4.69) is 46.2 Å². The number of carbonyl (C=O) groups is 1. The van der Waals surface area contributed by atoms with E-state index in [0.717, 1.165) is 30.8 Å². The van der Waals surface area contributed by atoms with Gasteiger partial charge in [0.05, 0.1) is 26.5 Å². The summed E-state index contributed by atoms with van der Waals surface area (Å²) < 4.78 is 2.09. The number of anilines is 1. The van der Waals surface area contributed by atoms with Gasteiger partial charge in [-0.15, -0.1) is 21.5 Å². The van der Waals surface area contributed by atoms with Crippen LogP contribution in [0.1, 0.15) is 30.7 Å². The topological polar surface area (TPSA) is 59.8 Å². The van der Waals surface area contributed by atoms with Crippen LogP contribution in [-0.4, -0.2) is 26.4 Å². The number of aryl methyl sites for hydroxylation is 1. The minimum atomic E-state index is -0.214. The van der Waals surface area contributed by atoms with E-state index in [9.17, 15) is 4.79 Å². The van der Waals surface area contributed by atoms with Crippen LogP contribution in [0.15, 0.2) is 22.7 Å². The summed E-state index contributed by atoms with van der Waals surface area (Å²) >= 11 is 21.2. The second-order valence-electron chi connectivity index (χ2n) is 6.58. The molecule has 0 aliphatic carbocycles. The van der Waals surface area contributed by atoms with Gasteiger partial charge in [-0.25, -0.2) is 0 Å². The number of carbonyl (C=O) groups excluding carboxylic acids is 1. The predicted molar refractivity (Wildman–Crippen MR) is 129 cm³/mol. The summed E-state index contributed by atoms with van der Waals surface area (Å²) in [6.45, 7) is 7.16. The molecule has 2 aromatic heterocycles. The third kappa shape index (κ3) is 5.14. The number of nitrogens with zero attached hydrogens (tertiary/aromatic N) is 3. The van der Waals surface area contributed by atoms with E-state index < -0.39 is 0 Å². The number of aromatic nitrogens is 3. The highest BCUT2D eigenvalue weighted by Crippen LogP contribution is 2.34. The number of thioether (sulfide) groups is 1. The molecule has 1 N–H and O–H groups in total. The molecule has 0 bridgehead atoms. The summed E-state index contributed by atoms with van der Waals surface area (Å²) in [4.78, 5) is 13.8. The first-order chi connectivity index (χ1) is 14.3. The normalized spacial score (nSPS) is 11.1. The fourth-order valence-electron chi connectivity index (χ4n) is 3.06. The number of nitrogens with one attached hydrogen (secondary N) is 1. The van der Waals surface area contributed by atoms with Gasteiger partial charge < -0.3 is 9.88 Å². The van der Waals surface area contributed by atoms with E-state index in [4.69, 9.17) is 34.8 Å². The average Bonchev–Trinajstić information content (AvgIpc) is 3.27. The fraction of sp³-hybridized carbons (Fsp3) is 0.350. The van der Waals surface area contributed by atoms with Crippen LogP contribution in [-0.2, 0) is 17.8 Å². The van der Waals surface area contributed by atoms with Gasteiger partial charge in [-0.05, 0) is 37.5 Å². The summed E-state index contributed by atoms with van der Waals surface area (Å²) in [6.07, 6.45) is 1.88. The Morgan fingerprint density at radius 1 is 1.17 bits per heavy atom. The zero-order chi connectivity index (χ0) is 21.8. The van der Waals surface area contributed by atoms with Gasteiger partial charge in [-0.2, -0.15) is 0 Å². The minimum absolute atomic E-state index is 0.168. The molecule has 2 heterocycles. The Labute approximate surface area is 199 Å². The van der Waals surface area contributed by atoms with Crippen molar-refractivity contribution >= 4 is 69.5 Å². The molecular formula is C20H21Cl3N4OS2. The summed E-state index contributed by atoms with van der Waals surface area (Å²) in [6, 6.07) is 3.05. The molecule has 3 rings (SSSR count). The molecule has 1 aromatic carbocycles. The molecule has 0 aliphatic rings. The molecule has 10 heteroatoms. The van der Waals surface area contributed by atoms with Crippen LogP contribution in [0.25, 0.3) is 11.4 Å². The minimum Gasteiger partial charge on any atom is -0.324 e. The molecule has 30 heavy (non-hydrogen) atoms. The first kappa shape index (κ1) is 23.4. The van der Waals surface area contributed by atoms with Gasteiger partial charge in [-0.1, -0.05) is 60.4 Å². The predicted octanol–water partition coefficient (Wildman–Crippen LogP) is 6.98. The van der Waals surface area contributed by atoms with Crippen molar-refractivity contribution in [2.24, 2.45) is 0 Å². The van der Waals surface area contributed by atoms with E-state index in [1.165, 1.54) is 34.3 Å². The van der Waals surface area contributed by atoms with Crippen molar-refractivity contribution in [3.63, 3.8) is 0 Å². The molecule has 0 aliphatic heterocycles. The molecule has 5 nitrogen and oxygen atoms in total. The Kier molecular flexibility index (Phi) is 8.10. The van der Waals surface area contributed by atoms with Crippen molar-refractivity contribution < 1.29 is 4.79 Å². The zero-order valence-electron chi connectivity index (χ0n) is 16.8. The van der Waals surface area contributed by atoms with Gasteiger partial charge in [0.2, 0.25) is 5.91 Å². The first-order valence-corrected chi connectivity index (χ1v) is 12.4. The maximum Gasteiger partial charge on any atom is 0.234 e. The molecule has 0 spiro atoms. The van der Waals surface area contributed by atoms with Gasteiger partial charge >= 0.3 is 0 Å². The molecule has 0 saturated carbocycles. The quantitative estimate of drug-likeness (QED) is 0.266. The number of halogens is 3. The number of hydrogen-bond acceptors (Lipinski definition) is 5. The van der Waals surface area contributed by atoms with Crippen molar-refractivity contribution in [1.29, 1.82) is 0 Å². The van der Waals surface area contributed by atoms with Crippen molar-refractivity contribution in [2.45, 2.75) is 45.3 Å². The Morgan fingerprint density at radius 3 is 2.60 bits per heavy atom. The molecule has 0 fully saturated rings. The van der Waals surface area contributed by atoms with Crippen LogP contribution >= 0.6 is 57.9 Å². The van der Waals surface area contributed by atoms with Gasteiger partial charge in [0, 0.05) is 22.4 Å². The van der Waals surface area contributed by atoms with Gasteiger partial charge in [0.25, 0.3) is 0 Å². The van der Waals surface area contributed by atoms with Gasteiger partial charge in [0.1, 0.15) is 0 Å². The smallest absolute Gasteiger partial charge is 0.234 e. The maximum absolute atomic E-state index is 12.5. The lowest BCUT2D eigenvalue weighted by atomic mass is 10.1. The summed E-state index contributed by atoms with van der Waals surface area (Å²) in [5.41, 5.74) is 2.85. The standard InChI is InChI=1S/C20H21Cl3N4OS2/c1-4-6-27-19(13-9-29-11(3)12(13)5-2)25-26-20(27)30-10-18(28)24-17-8-15(22)14(21)7-16(17)23/h7-9H,4-6,10H2,1-3H3,(H,24,28). The Bertz CT molecular complexity index is 1060. The number of amides is 1. The van der Waals surface area contributed by atoms with Gasteiger partial charge in [-0.3, -0.25) is 4.79 Å². The van der Waals surface area contributed by atoms with Crippen molar-refractivity contribution in [1.82, 2.24) is 14.8 Å². The van der Waals surface area contributed by atoms with Gasteiger partial charge in [0.15, 0.2) is 11.0 Å².